The van der Waals surface area contributed by atoms with Crippen LogP contribution in [-0.2, 0) is 18.4 Å². The van der Waals surface area contributed by atoms with Gasteiger partial charge in [-0.05, 0) is 64.2 Å². The highest BCUT2D eigenvalue weighted by molar-refractivity contribution is 7.47. The molecular formula is C46H84NO12P. The molecule has 1 fully saturated rings. The van der Waals surface area contributed by atoms with E-state index in [1.54, 1.807) is 6.08 Å². The van der Waals surface area contributed by atoms with Crippen LogP contribution in [0.2, 0.25) is 0 Å². The van der Waals surface area contributed by atoms with Gasteiger partial charge in [-0.1, -0.05) is 152 Å². The molecule has 0 radical (unpaired) electrons. The van der Waals surface area contributed by atoms with Gasteiger partial charge in [0.05, 0.1) is 31.3 Å². The van der Waals surface area contributed by atoms with Crippen molar-refractivity contribution in [1.82, 2.24) is 5.32 Å². The first-order valence-electron chi connectivity index (χ1n) is 23.2. The SMILES string of the molecule is CCCC/C=C/CC/C=C/CC/C=C/C(O)C(COP(=O)(O)OC1C(O)C(O)C(O)C(O)C1O)NC(=O)CC(O)CCCCCCC/C=C\CCCCCCCCCCC. The highest BCUT2D eigenvalue weighted by Crippen LogP contribution is 2.47. The Morgan fingerprint density at radius 3 is 1.52 bits per heavy atom. The van der Waals surface area contributed by atoms with Gasteiger partial charge in [-0.25, -0.2) is 4.57 Å². The number of aliphatic hydroxyl groups excluding tert-OH is 7. The molecule has 1 aliphatic rings. The maximum absolute atomic E-state index is 13.0. The molecule has 9 N–H and O–H groups in total. The summed E-state index contributed by atoms with van der Waals surface area (Å²) >= 11 is 0. The topological polar surface area (TPSA) is 226 Å². The number of hydrogen-bond donors (Lipinski definition) is 9. The zero-order valence-corrected chi connectivity index (χ0v) is 37.8. The first-order valence-corrected chi connectivity index (χ1v) is 24.7. The van der Waals surface area contributed by atoms with E-state index < -0.39 is 75.2 Å². The van der Waals surface area contributed by atoms with Gasteiger partial charge in [-0.3, -0.25) is 13.8 Å². The van der Waals surface area contributed by atoms with E-state index in [9.17, 15) is 50.0 Å². The first-order chi connectivity index (χ1) is 28.8. The highest BCUT2D eigenvalue weighted by atomic mass is 31.2. The Kier molecular flexibility index (Phi) is 33.5. The van der Waals surface area contributed by atoms with Crippen LogP contribution < -0.4 is 5.32 Å². The van der Waals surface area contributed by atoms with Crippen molar-refractivity contribution in [3.63, 3.8) is 0 Å². The van der Waals surface area contributed by atoms with E-state index in [0.717, 1.165) is 64.2 Å². The summed E-state index contributed by atoms with van der Waals surface area (Å²) in [5.41, 5.74) is 0. The first kappa shape index (κ1) is 56.3. The van der Waals surface area contributed by atoms with Gasteiger partial charge < -0.3 is 46.0 Å². The maximum Gasteiger partial charge on any atom is 0.472 e. The summed E-state index contributed by atoms with van der Waals surface area (Å²) in [4.78, 5) is 23.4. The zero-order chi connectivity index (χ0) is 44.4. The lowest BCUT2D eigenvalue weighted by atomic mass is 9.85. The molecule has 0 aromatic heterocycles. The number of carbonyl (C=O) groups excluding carboxylic acids is 1. The fourth-order valence-corrected chi connectivity index (χ4v) is 7.98. The summed E-state index contributed by atoms with van der Waals surface area (Å²) in [7, 11) is -5.15. The molecule has 0 aliphatic heterocycles. The van der Waals surface area contributed by atoms with Crippen molar-refractivity contribution in [2.24, 2.45) is 0 Å². The van der Waals surface area contributed by atoms with Gasteiger partial charge in [0.2, 0.25) is 5.91 Å². The van der Waals surface area contributed by atoms with Crippen molar-refractivity contribution in [3.8, 4) is 0 Å². The number of phosphoric acid groups is 1. The molecular weight excluding hydrogens is 789 g/mol. The summed E-state index contributed by atoms with van der Waals surface area (Å²) in [6, 6.07) is -1.27. The standard InChI is InChI=1S/C46H84NO12P/c1-3-5-7-9-11-13-15-17-18-19-20-21-22-23-25-27-29-31-33-37(48)35-40(50)47-38(39(49)34-32-30-28-26-24-16-14-12-10-8-6-4-2)36-58-60(56,57)59-46-44(54)42(52)41(51)43(53)45(46)55/h10,12,20-21,24,26,32,34,37-39,41-46,48-49,51-55H,3-9,11,13-19,22-23,25,27-31,33,35-36H2,1-2H3,(H,47,50)(H,56,57)/b12-10+,21-20-,26-24+,34-32+. The number of amides is 1. The van der Waals surface area contributed by atoms with Crippen LogP contribution in [0.1, 0.15) is 174 Å². The third kappa shape index (κ3) is 27.3. The minimum absolute atomic E-state index is 0.263. The van der Waals surface area contributed by atoms with Crippen molar-refractivity contribution >= 4 is 13.7 Å². The molecule has 60 heavy (non-hydrogen) atoms. The highest BCUT2D eigenvalue weighted by Gasteiger charge is 2.51. The molecule has 1 rings (SSSR count). The fourth-order valence-electron chi connectivity index (χ4n) is 7.02. The molecule has 13 nitrogen and oxygen atoms in total. The normalized spacial score (nSPS) is 23.8. The minimum atomic E-state index is -5.15. The number of hydrogen-bond acceptors (Lipinski definition) is 11. The Hall–Kier alpha value is -1.74. The molecule has 1 saturated carbocycles. The van der Waals surface area contributed by atoms with E-state index in [1.165, 1.54) is 76.7 Å². The number of allylic oxidation sites excluding steroid dienone is 7. The van der Waals surface area contributed by atoms with Crippen molar-refractivity contribution in [1.29, 1.82) is 0 Å². The number of carbonyl (C=O) groups is 1. The van der Waals surface area contributed by atoms with E-state index in [-0.39, 0.29) is 6.42 Å². The molecule has 1 amide bonds. The smallest absolute Gasteiger partial charge is 0.393 e. The summed E-state index contributed by atoms with van der Waals surface area (Å²) in [5, 5.41) is 74.3. The van der Waals surface area contributed by atoms with Gasteiger partial charge in [0, 0.05) is 0 Å². The van der Waals surface area contributed by atoms with Gasteiger partial charge >= 0.3 is 7.82 Å². The average molecular weight is 874 g/mol. The lowest BCUT2D eigenvalue weighted by molar-refractivity contribution is -0.220. The molecule has 14 heteroatoms. The van der Waals surface area contributed by atoms with Crippen LogP contribution in [0.4, 0.5) is 0 Å². The molecule has 0 spiro atoms. The van der Waals surface area contributed by atoms with Crippen LogP contribution in [0.5, 0.6) is 0 Å². The minimum Gasteiger partial charge on any atom is -0.393 e. The van der Waals surface area contributed by atoms with Crippen LogP contribution in [0, 0.1) is 0 Å². The Labute approximate surface area is 361 Å². The van der Waals surface area contributed by atoms with Crippen molar-refractivity contribution in [3.05, 3.63) is 48.6 Å². The van der Waals surface area contributed by atoms with E-state index in [2.05, 4.69) is 49.5 Å². The second-order valence-corrected chi connectivity index (χ2v) is 17.8. The fraction of sp³-hybridized carbons (Fsp3) is 0.804. The Morgan fingerprint density at radius 1 is 0.583 bits per heavy atom. The van der Waals surface area contributed by atoms with Gasteiger partial charge in [-0.15, -0.1) is 0 Å². The zero-order valence-electron chi connectivity index (χ0n) is 36.9. The number of aliphatic hydroxyl groups is 7. The van der Waals surface area contributed by atoms with Crippen LogP contribution >= 0.6 is 7.82 Å². The molecule has 0 heterocycles. The average Bonchev–Trinajstić information content (AvgIpc) is 3.22. The quantitative estimate of drug-likeness (QED) is 0.0168. The summed E-state index contributed by atoms with van der Waals surface area (Å²) in [5.74, 6) is -0.614. The Balaban J connectivity index is 2.54. The second kappa shape index (κ2) is 35.7. The molecule has 0 aromatic rings. The van der Waals surface area contributed by atoms with Gasteiger partial charge in [-0.2, -0.15) is 0 Å². The van der Waals surface area contributed by atoms with Crippen LogP contribution in [0.3, 0.4) is 0 Å². The third-order valence-electron chi connectivity index (χ3n) is 10.9. The monoisotopic (exact) mass is 874 g/mol. The van der Waals surface area contributed by atoms with E-state index >= 15 is 0 Å². The van der Waals surface area contributed by atoms with Gasteiger partial charge in [0.25, 0.3) is 0 Å². The van der Waals surface area contributed by atoms with Crippen molar-refractivity contribution in [2.45, 2.75) is 229 Å². The molecule has 8 unspecified atom stereocenters. The van der Waals surface area contributed by atoms with Crippen LogP contribution in [-0.4, -0.2) is 108 Å². The third-order valence-corrected chi connectivity index (χ3v) is 11.8. The Bertz CT molecular complexity index is 1220. The lowest BCUT2D eigenvalue weighted by Crippen LogP contribution is -2.64. The van der Waals surface area contributed by atoms with E-state index in [4.69, 9.17) is 9.05 Å². The van der Waals surface area contributed by atoms with Crippen molar-refractivity contribution in [2.75, 3.05) is 6.61 Å². The largest absolute Gasteiger partial charge is 0.472 e. The predicted octanol–water partition coefficient (Wildman–Crippen LogP) is 7.53. The summed E-state index contributed by atoms with van der Waals surface area (Å²) in [6.45, 7) is 3.66. The van der Waals surface area contributed by atoms with E-state index in [1.807, 2.05) is 6.08 Å². The molecule has 8 atom stereocenters. The van der Waals surface area contributed by atoms with E-state index in [0.29, 0.717) is 19.3 Å². The van der Waals surface area contributed by atoms with Crippen molar-refractivity contribution < 1.29 is 59.0 Å². The number of nitrogens with one attached hydrogen (secondary N) is 1. The van der Waals surface area contributed by atoms with Gasteiger partial charge in [0.15, 0.2) is 0 Å². The summed E-state index contributed by atoms with van der Waals surface area (Å²) in [6.07, 6.45) is 27.8. The maximum atomic E-state index is 13.0. The van der Waals surface area contributed by atoms with Gasteiger partial charge in [0.1, 0.15) is 36.6 Å². The number of unbranched alkanes of at least 4 members (excludes halogenated alkanes) is 18. The predicted molar refractivity (Wildman–Crippen MR) is 238 cm³/mol. The second-order valence-electron chi connectivity index (χ2n) is 16.4. The number of phosphoric ester groups is 1. The molecule has 0 saturated heterocycles. The molecule has 0 bridgehead atoms. The summed E-state index contributed by atoms with van der Waals surface area (Å²) < 4.78 is 22.8. The van der Waals surface area contributed by atoms with Crippen LogP contribution in [0.25, 0.3) is 0 Å². The molecule has 0 aromatic carbocycles. The van der Waals surface area contributed by atoms with Crippen LogP contribution in [0.15, 0.2) is 48.6 Å². The number of rotatable bonds is 37. The molecule has 1 aliphatic carbocycles. The lowest BCUT2D eigenvalue weighted by Gasteiger charge is -2.41. The molecule has 350 valence electrons. The Morgan fingerprint density at radius 2 is 1.00 bits per heavy atom.